The molecular formula is C33H24N4. The number of aryl methyl sites for hydroxylation is 2. The monoisotopic (exact) mass is 476 g/mol. The lowest BCUT2D eigenvalue weighted by molar-refractivity contribution is 0.974. The third-order valence-electron chi connectivity index (χ3n) is 7.69. The van der Waals surface area contributed by atoms with Gasteiger partial charge in [0, 0.05) is 23.5 Å². The van der Waals surface area contributed by atoms with Gasteiger partial charge in [-0.1, -0.05) is 54.6 Å². The Kier molecular flexibility index (Phi) is 4.04. The third-order valence-corrected chi connectivity index (χ3v) is 7.69. The van der Waals surface area contributed by atoms with Crippen LogP contribution < -0.4 is 0 Å². The number of benzene rings is 5. The van der Waals surface area contributed by atoms with Gasteiger partial charge in [-0.15, -0.1) is 0 Å². The Hall–Kier alpha value is -4.83. The van der Waals surface area contributed by atoms with Gasteiger partial charge in [0.15, 0.2) is 0 Å². The lowest BCUT2D eigenvalue weighted by atomic mass is 10.0. The van der Waals surface area contributed by atoms with Crippen molar-refractivity contribution in [3.05, 3.63) is 115 Å². The topological polar surface area (TPSA) is 27.2 Å². The minimum atomic E-state index is 0.963. The molecule has 0 saturated heterocycles. The molecule has 3 aromatic heterocycles. The predicted octanol–water partition coefficient (Wildman–Crippen LogP) is 8.05. The molecule has 0 amide bonds. The molecule has 3 heterocycles. The Balaban J connectivity index is 1.39. The van der Waals surface area contributed by atoms with Crippen LogP contribution in [0.4, 0.5) is 0 Å². The van der Waals surface area contributed by atoms with Crippen LogP contribution in [0.3, 0.4) is 0 Å². The fourth-order valence-electron chi connectivity index (χ4n) is 5.95. The first kappa shape index (κ1) is 20.4. The van der Waals surface area contributed by atoms with E-state index in [0.29, 0.717) is 0 Å². The molecule has 0 aliphatic carbocycles. The van der Waals surface area contributed by atoms with Crippen LogP contribution >= 0.6 is 0 Å². The molecule has 0 spiro atoms. The molecule has 5 aromatic carbocycles. The highest BCUT2D eigenvalue weighted by Crippen LogP contribution is 2.36. The Morgan fingerprint density at radius 2 is 1.30 bits per heavy atom. The zero-order valence-corrected chi connectivity index (χ0v) is 20.7. The minimum Gasteiger partial charge on any atom is -0.313 e. The Bertz CT molecular complexity index is 2170. The maximum absolute atomic E-state index is 4.89. The maximum Gasteiger partial charge on any atom is 0.215 e. The van der Waals surface area contributed by atoms with Crippen LogP contribution in [0.2, 0.25) is 0 Å². The maximum atomic E-state index is 4.89. The van der Waals surface area contributed by atoms with E-state index in [1.165, 1.54) is 55.2 Å². The van der Waals surface area contributed by atoms with Crippen molar-refractivity contribution in [1.82, 2.24) is 18.5 Å². The van der Waals surface area contributed by atoms with Crippen LogP contribution in [-0.4, -0.2) is 18.5 Å². The van der Waals surface area contributed by atoms with Gasteiger partial charge in [0.1, 0.15) is 0 Å². The average Bonchev–Trinajstić information content (AvgIpc) is 3.56. The minimum absolute atomic E-state index is 0.963. The number of hydrogen-bond donors (Lipinski definition) is 0. The van der Waals surface area contributed by atoms with Crippen molar-refractivity contribution in [2.75, 3.05) is 0 Å². The fraction of sp³-hybridized carbons (Fsp3) is 0.0606. The van der Waals surface area contributed by atoms with Gasteiger partial charge in [-0.3, -0.25) is 4.40 Å². The summed E-state index contributed by atoms with van der Waals surface area (Å²) in [6.45, 7) is 2.15. The molecule has 4 nitrogen and oxygen atoms in total. The highest BCUT2D eigenvalue weighted by Gasteiger charge is 2.16. The number of imidazole rings is 2. The summed E-state index contributed by atoms with van der Waals surface area (Å²) in [7, 11) is 2.09. The van der Waals surface area contributed by atoms with Crippen molar-refractivity contribution in [3.8, 4) is 16.8 Å². The van der Waals surface area contributed by atoms with E-state index in [-0.39, 0.29) is 0 Å². The molecule has 0 aliphatic rings. The quantitative estimate of drug-likeness (QED) is 0.248. The molecule has 0 bridgehead atoms. The molecule has 4 heteroatoms. The summed E-state index contributed by atoms with van der Waals surface area (Å²) in [5.41, 5.74) is 11.8. The molecule has 0 unspecified atom stereocenters. The van der Waals surface area contributed by atoms with E-state index in [9.17, 15) is 0 Å². The molecule has 0 atom stereocenters. The van der Waals surface area contributed by atoms with Crippen LogP contribution in [0.15, 0.2) is 109 Å². The van der Waals surface area contributed by atoms with Crippen molar-refractivity contribution in [3.63, 3.8) is 0 Å². The number of hydrogen-bond acceptors (Lipinski definition) is 1. The van der Waals surface area contributed by atoms with E-state index in [0.717, 1.165) is 16.8 Å². The van der Waals surface area contributed by atoms with Gasteiger partial charge in [0.25, 0.3) is 0 Å². The molecule has 8 aromatic rings. The summed E-state index contributed by atoms with van der Waals surface area (Å²) in [6.07, 6.45) is 0. The first-order valence-corrected chi connectivity index (χ1v) is 12.6. The van der Waals surface area contributed by atoms with Crippen LogP contribution in [0, 0.1) is 6.92 Å². The molecule has 0 N–H and O–H groups in total. The standard InChI is InChI=1S/C33H24N4/c1-21-8-7-9-24(18-21)36-28-12-5-3-10-25(28)26-19-22(14-16-29(26)36)23-15-17-31-32(20-23)37-30-13-6-4-11-27(30)34-33(37)35(31)2/h3-20H,1-2H3. The van der Waals surface area contributed by atoms with Gasteiger partial charge in [-0.25, -0.2) is 4.98 Å². The van der Waals surface area contributed by atoms with E-state index in [1.54, 1.807) is 0 Å². The summed E-state index contributed by atoms with van der Waals surface area (Å²) < 4.78 is 6.83. The number of rotatable bonds is 2. The third kappa shape index (κ3) is 2.81. The van der Waals surface area contributed by atoms with E-state index in [1.807, 2.05) is 6.07 Å². The summed E-state index contributed by atoms with van der Waals surface area (Å²) in [6, 6.07) is 39.4. The van der Waals surface area contributed by atoms with E-state index < -0.39 is 0 Å². The summed E-state index contributed by atoms with van der Waals surface area (Å²) in [5, 5.41) is 2.53. The fourth-order valence-corrected chi connectivity index (χ4v) is 5.95. The van der Waals surface area contributed by atoms with Crippen molar-refractivity contribution in [1.29, 1.82) is 0 Å². The Labute approximate surface area is 213 Å². The van der Waals surface area contributed by atoms with Crippen LogP contribution in [-0.2, 0) is 7.05 Å². The molecule has 37 heavy (non-hydrogen) atoms. The second-order valence-electron chi connectivity index (χ2n) is 9.92. The predicted molar refractivity (Wildman–Crippen MR) is 154 cm³/mol. The Morgan fingerprint density at radius 3 is 2.16 bits per heavy atom. The van der Waals surface area contributed by atoms with E-state index >= 15 is 0 Å². The van der Waals surface area contributed by atoms with Crippen molar-refractivity contribution in [2.24, 2.45) is 7.05 Å². The molecule has 0 radical (unpaired) electrons. The highest BCUT2D eigenvalue weighted by molar-refractivity contribution is 6.10. The van der Waals surface area contributed by atoms with E-state index in [2.05, 4.69) is 131 Å². The lowest BCUT2D eigenvalue weighted by Gasteiger charge is -2.09. The smallest absolute Gasteiger partial charge is 0.215 e. The lowest BCUT2D eigenvalue weighted by Crippen LogP contribution is -1.94. The number of nitrogens with zero attached hydrogens (tertiary/aromatic N) is 4. The first-order chi connectivity index (χ1) is 18.2. The first-order valence-electron chi connectivity index (χ1n) is 12.6. The van der Waals surface area contributed by atoms with Gasteiger partial charge in [0.05, 0.1) is 33.1 Å². The number of fused-ring (bicyclic) bond motifs is 8. The molecule has 0 aliphatic heterocycles. The van der Waals surface area contributed by atoms with Crippen molar-refractivity contribution < 1.29 is 0 Å². The van der Waals surface area contributed by atoms with Gasteiger partial charge in [0.2, 0.25) is 5.78 Å². The SMILES string of the molecule is Cc1cccc(-n2c3ccccc3c3cc(-c4ccc5c(c4)n4c6ccccc6nc4n5C)ccc32)c1. The van der Waals surface area contributed by atoms with Gasteiger partial charge in [-0.05, 0) is 78.2 Å². The second-order valence-corrected chi connectivity index (χ2v) is 9.92. The van der Waals surface area contributed by atoms with Gasteiger partial charge in [-0.2, -0.15) is 0 Å². The summed E-state index contributed by atoms with van der Waals surface area (Å²) in [5.74, 6) is 0.963. The summed E-state index contributed by atoms with van der Waals surface area (Å²) >= 11 is 0. The average molecular weight is 477 g/mol. The Morgan fingerprint density at radius 1 is 0.568 bits per heavy atom. The zero-order valence-electron chi connectivity index (χ0n) is 20.7. The molecule has 8 rings (SSSR count). The second kappa shape index (κ2) is 7.34. The van der Waals surface area contributed by atoms with Gasteiger partial charge >= 0.3 is 0 Å². The number of aromatic nitrogens is 4. The molecule has 176 valence electrons. The summed E-state index contributed by atoms with van der Waals surface area (Å²) in [4.78, 5) is 4.89. The molecular weight excluding hydrogens is 452 g/mol. The zero-order chi connectivity index (χ0) is 24.7. The highest BCUT2D eigenvalue weighted by atomic mass is 15.2. The normalized spacial score (nSPS) is 12.1. The van der Waals surface area contributed by atoms with Gasteiger partial charge < -0.3 is 9.13 Å². The van der Waals surface area contributed by atoms with Crippen molar-refractivity contribution in [2.45, 2.75) is 6.92 Å². The van der Waals surface area contributed by atoms with Crippen LogP contribution in [0.25, 0.3) is 66.5 Å². The van der Waals surface area contributed by atoms with Crippen molar-refractivity contribution >= 4 is 49.7 Å². The van der Waals surface area contributed by atoms with E-state index in [4.69, 9.17) is 4.98 Å². The largest absolute Gasteiger partial charge is 0.313 e. The number of para-hydroxylation sites is 3. The van der Waals surface area contributed by atoms with Crippen LogP contribution in [0.5, 0.6) is 0 Å². The van der Waals surface area contributed by atoms with Crippen LogP contribution in [0.1, 0.15) is 5.56 Å². The molecule has 0 saturated carbocycles. The molecule has 0 fully saturated rings.